The first-order valence-electron chi connectivity index (χ1n) is 14.8. The zero-order valence-electron chi connectivity index (χ0n) is 25.6. The van der Waals surface area contributed by atoms with Crippen molar-refractivity contribution in [2.75, 3.05) is 12.3 Å². The van der Waals surface area contributed by atoms with E-state index in [0.717, 1.165) is 24.8 Å². The lowest BCUT2D eigenvalue weighted by Crippen LogP contribution is -2.41. The number of esters is 1. The Balaban J connectivity index is 1.35. The molecular weight excluding hydrogens is 603 g/mol. The van der Waals surface area contributed by atoms with Crippen LogP contribution in [0.1, 0.15) is 64.6 Å². The highest BCUT2D eigenvalue weighted by Gasteiger charge is 2.58. The van der Waals surface area contributed by atoms with Crippen molar-refractivity contribution in [3.63, 3.8) is 0 Å². The summed E-state index contributed by atoms with van der Waals surface area (Å²) in [6.07, 6.45) is -1.02. The summed E-state index contributed by atoms with van der Waals surface area (Å²) in [4.78, 5) is 16.4. The van der Waals surface area contributed by atoms with Gasteiger partial charge in [-0.25, -0.2) is 19.2 Å². The third-order valence-corrected chi connectivity index (χ3v) is 9.74. The van der Waals surface area contributed by atoms with Crippen LogP contribution < -0.4 is 15.3 Å². The van der Waals surface area contributed by atoms with E-state index >= 15 is 0 Å². The van der Waals surface area contributed by atoms with Crippen LogP contribution in [-0.4, -0.2) is 67.8 Å². The Morgan fingerprint density at radius 1 is 1.27 bits per heavy atom. The van der Waals surface area contributed by atoms with Crippen LogP contribution in [0.2, 0.25) is 0 Å². The number of nitrogens with one attached hydrogen (secondary N) is 1. The number of aliphatic hydroxyl groups excluding tert-OH is 2. The zero-order valence-corrected chi connectivity index (χ0v) is 26.5. The minimum atomic E-state index is -4.25. The SMILES string of the molecule is C[C@@H](CC(=O)OC1CCC1)NP(=O)(OC[C@H]1O[C@@](C#N)(c2ccc3c(N)ncnn23)[C@H](O)[C@@H]1O)Oc1ccc(C(C)(C)C)cc1. The standard InChI is InChI=1S/C30H39N6O8P/c1-18(14-25(37)42-20-6-5-7-20)35-45(40,44-21-10-8-19(9-11-21)29(2,3)4)41-15-23-26(38)27(39)30(16-31,43-23)24-13-12-22-28(32)33-17-34-36(22)24/h8-13,17-18,20,23,26-27,38-39H,5-7,14-15H2,1-4H3,(H,35,40)(H2,32,33,34)/t18-,23+,26+,27+,30-,45?/m0/s1. The molecule has 5 N–H and O–H groups in total. The van der Waals surface area contributed by atoms with Crippen LogP contribution in [-0.2, 0) is 34.4 Å². The largest absolute Gasteiger partial charge is 0.462 e. The molecule has 2 fully saturated rings. The first-order chi connectivity index (χ1) is 21.2. The lowest BCUT2D eigenvalue weighted by atomic mass is 9.87. The fraction of sp³-hybridized carbons (Fsp3) is 0.533. The van der Waals surface area contributed by atoms with E-state index in [2.05, 4.69) is 35.9 Å². The van der Waals surface area contributed by atoms with Crippen molar-refractivity contribution in [2.24, 2.45) is 0 Å². The van der Waals surface area contributed by atoms with Crippen molar-refractivity contribution in [3.05, 3.63) is 54.0 Å². The average Bonchev–Trinajstić information content (AvgIpc) is 3.50. The van der Waals surface area contributed by atoms with Gasteiger partial charge in [-0.1, -0.05) is 32.9 Å². The van der Waals surface area contributed by atoms with Crippen LogP contribution in [0.25, 0.3) is 5.52 Å². The van der Waals surface area contributed by atoms with E-state index < -0.39 is 50.3 Å². The number of fused-ring (bicyclic) bond motifs is 1. The Hall–Kier alpha value is -3.57. The predicted molar refractivity (Wildman–Crippen MR) is 162 cm³/mol. The molecule has 1 unspecified atom stereocenters. The van der Waals surface area contributed by atoms with Crippen molar-refractivity contribution in [1.29, 1.82) is 5.26 Å². The van der Waals surface area contributed by atoms with Crippen molar-refractivity contribution in [3.8, 4) is 11.8 Å². The summed E-state index contributed by atoms with van der Waals surface area (Å²) < 4.78 is 38.5. The molecule has 3 heterocycles. The average molecular weight is 643 g/mol. The number of carbonyl (C=O) groups is 1. The summed E-state index contributed by atoms with van der Waals surface area (Å²) in [6.45, 7) is 7.27. The van der Waals surface area contributed by atoms with Gasteiger partial charge in [0.2, 0.25) is 5.60 Å². The molecule has 0 bridgehead atoms. The van der Waals surface area contributed by atoms with Gasteiger partial charge < -0.3 is 29.9 Å². The lowest BCUT2D eigenvalue weighted by molar-refractivity contribution is -0.153. The summed E-state index contributed by atoms with van der Waals surface area (Å²) in [6, 6.07) is 11.3. The summed E-state index contributed by atoms with van der Waals surface area (Å²) in [5.74, 6) is -0.0666. The number of hydrogen-bond acceptors (Lipinski definition) is 12. The van der Waals surface area contributed by atoms with E-state index in [1.807, 2.05) is 18.2 Å². The van der Waals surface area contributed by atoms with Crippen LogP contribution in [0.4, 0.5) is 5.82 Å². The minimum Gasteiger partial charge on any atom is -0.462 e. The van der Waals surface area contributed by atoms with E-state index in [4.69, 9.17) is 24.3 Å². The van der Waals surface area contributed by atoms with Gasteiger partial charge in [0.25, 0.3) is 0 Å². The summed E-state index contributed by atoms with van der Waals surface area (Å²) in [5, 5.41) is 39.1. The summed E-state index contributed by atoms with van der Waals surface area (Å²) in [5.41, 5.74) is 5.24. The highest BCUT2D eigenvalue weighted by Crippen LogP contribution is 2.47. The molecule has 1 saturated carbocycles. The lowest BCUT2D eigenvalue weighted by Gasteiger charge is -2.27. The van der Waals surface area contributed by atoms with Crippen molar-refractivity contribution in [1.82, 2.24) is 19.7 Å². The van der Waals surface area contributed by atoms with Crippen LogP contribution in [0.15, 0.2) is 42.7 Å². The third-order valence-electron chi connectivity index (χ3n) is 8.04. The van der Waals surface area contributed by atoms with Gasteiger partial charge in [0, 0.05) is 6.04 Å². The number of anilines is 1. The van der Waals surface area contributed by atoms with Gasteiger partial charge in [-0.3, -0.25) is 9.32 Å². The van der Waals surface area contributed by atoms with E-state index in [9.17, 15) is 24.8 Å². The second-order valence-corrected chi connectivity index (χ2v) is 14.2. The summed E-state index contributed by atoms with van der Waals surface area (Å²) >= 11 is 0. The van der Waals surface area contributed by atoms with Gasteiger partial charge in [0.15, 0.2) is 5.82 Å². The molecule has 6 atom stereocenters. The molecule has 1 aliphatic heterocycles. The van der Waals surface area contributed by atoms with Gasteiger partial charge in [0.1, 0.15) is 48.1 Å². The van der Waals surface area contributed by atoms with E-state index in [0.29, 0.717) is 5.52 Å². The fourth-order valence-corrected chi connectivity index (χ4v) is 6.81. The molecule has 14 nitrogen and oxygen atoms in total. The molecule has 0 spiro atoms. The maximum atomic E-state index is 14.2. The van der Waals surface area contributed by atoms with Crippen molar-refractivity contribution >= 4 is 25.1 Å². The first-order valence-corrected chi connectivity index (χ1v) is 16.3. The molecule has 0 radical (unpaired) electrons. The van der Waals surface area contributed by atoms with Crippen LogP contribution in [0, 0.1) is 11.3 Å². The molecule has 0 amide bonds. The highest BCUT2D eigenvalue weighted by atomic mass is 31.2. The number of rotatable bonds is 11. The molecule has 1 aromatic carbocycles. The Labute approximate surface area is 261 Å². The number of benzene rings is 1. The Kier molecular flexibility index (Phi) is 9.24. The Bertz CT molecular complexity index is 1620. The minimum absolute atomic E-state index is 0.0960. The number of carbonyl (C=O) groups excluding carboxylic acids is 1. The smallest absolute Gasteiger partial charge is 0.459 e. The number of nitriles is 1. The maximum Gasteiger partial charge on any atom is 0.459 e. The Morgan fingerprint density at radius 3 is 2.60 bits per heavy atom. The number of nitrogen functional groups attached to an aromatic ring is 1. The fourth-order valence-electron chi connectivity index (χ4n) is 5.25. The molecule has 242 valence electrons. The second kappa shape index (κ2) is 12.7. The van der Waals surface area contributed by atoms with Crippen molar-refractivity contribution < 1.29 is 38.1 Å². The molecule has 1 saturated heterocycles. The predicted octanol–water partition coefficient (Wildman–Crippen LogP) is 3.12. The van der Waals surface area contributed by atoms with Crippen LogP contribution in [0.3, 0.4) is 0 Å². The van der Waals surface area contributed by atoms with Gasteiger partial charge in [-0.2, -0.15) is 10.4 Å². The third kappa shape index (κ3) is 6.84. The zero-order chi connectivity index (χ0) is 32.6. The number of hydrogen-bond donors (Lipinski definition) is 4. The van der Waals surface area contributed by atoms with E-state index in [1.54, 1.807) is 25.1 Å². The summed E-state index contributed by atoms with van der Waals surface area (Å²) in [7, 11) is -4.25. The molecule has 3 aromatic rings. The molecule has 2 aliphatic rings. The monoisotopic (exact) mass is 642 g/mol. The highest BCUT2D eigenvalue weighted by molar-refractivity contribution is 7.52. The van der Waals surface area contributed by atoms with Gasteiger partial charge in [-0.15, -0.1) is 0 Å². The van der Waals surface area contributed by atoms with Gasteiger partial charge in [0.05, 0.1) is 18.7 Å². The molecule has 2 aromatic heterocycles. The normalized spacial score (nSPS) is 25.7. The maximum absolute atomic E-state index is 14.2. The number of aliphatic hydroxyl groups is 2. The van der Waals surface area contributed by atoms with Gasteiger partial charge >= 0.3 is 13.7 Å². The van der Waals surface area contributed by atoms with E-state index in [-0.39, 0.29) is 35.2 Å². The first kappa shape index (κ1) is 32.8. The topological polar surface area (TPSA) is 204 Å². The molecular formula is C30H39N6O8P. The number of nitrogens with zero attached hydrogens (tertiary/aromatic N) is 4. The molecule has 1 aliphatic carbocycles. The second-order valence-electron chi connectivity index (χ2n) is 12.5. The van der Waals surface area contributed by atoms with Crippen LogP contribution >= 0.6 is 7.75 Å². The van der Waals surface area contributed by atoms with Crippen LogP contribution in [0.5, 0.6) is 5.75 Å². The quantitative estimate of drug-likeness (QED) is 0.176. The van der Waals surface area contributed by atoms with E-state index in [1.165, 1.54) is 16.9 Å². The molecule has 45 heavy (non-hydrogen) atoms. The van der Waals surface area contributed by atoms with Gasteiger partial charge in [-0.05, 0) is 61.4 Å². The molecule has 5 rings (SSSR count). The Morgan fingerprint density at radius 2 is 1.98 bits per heavy atom. The number of nitrogens with two attached hydrogens (primary N) is 1. The molecule has 15 heteroatoms. The number of ether oxygens (including phenoxy) is 2. The number of aromatic nitrogens is 3. The van der Waals surface area contributed by atoms with Crippen molar-refractivity contribution in [2.45, 2.75) is 94.9 Å².